The van der Waals surface area contributed by atoms with Gasteiger partial charge in [0.15, 0.2) is 0 Å². The maximum Gasteiger partial charge on any atom is 0.0945 e. The normalized spacial score (nSPS) is 12.6. The van der Waals surface area contributed by atoms with Gasteiger partial charge in [0.2, 0.25) is 0 Å². The molecular formula is C14H18BrN3. The molecule has 1 unspecified atom stereocenters. The molecule has 2 rings (SSSR count). The van der Waals surface area contributed by atoms with Gasteiger partial charge in [0.1, 0.15) is 0 Å². The van der Waals surface area contributed by atoms with Crippen LogP contribution in [0, 0.1) is 0 Å². The SMILES string of the molecule is CC(Cc1ccc(Br)cc1)NCc1cncn1C. The number of nitrogens with zero attached hydrogens (tertiary/aromatic N) is 2. The molecule has 0 aliphatic heterocycles. The van der Waals surface area contributed by atoms with Crippen LogP contribution in [-0.2, 0) is 20.0 Å². The third kappa shape index (κ3) is 3.68. The third-order valence-electron chi connectivity index (χ3n) is 3.00. The highest BCUT2D eigenvalue weighted by atomic mass is 79.9. The Bertz CT molecular complexity index is 490. The van der Waals surface area contributed by atoms with E-state index < -0.39 is 0 Å². The first-order valence-corrected chi connectivity index (χ1v) is 6.87. The zero-order valence-electron chi connectivity index (χ0n) is 10.7. The minimum absolute atomic E-state index is 0.445. The molecule has 0 fully saturated rings. The van der Waals surface area contributed by atoms with Crippen molar-refractivity contribution in [2.75, 3.05) is 0 Å². The van der Waals surface area contributed by atoms with Gasteiger partial charge >= 0.3 is 0 Å². The Morgan fingerprint density at radius 3 is 2.67 bits per heavy atom. The summed E-state index contributed by atoms with van der Waals surface area (Å²) in [4.78, 5) is 4.11. The van der Waals surface area contributed by atoms with E-state index in [1.165, 1.54) is 11.3 Å². The van der Waals surface area contributed by atoms with Crippen molar-refractivity contribution in [3.8, 4) is 0 Å². The molecule has 3 nitrogen and oxygen atoms in total. The molecule has 1 aromatic heterocycles. The van der Waals surface area contributed by atoms with Crippen LogP contribution in [0.5, 0.6) is 0 Å². The molecule has 0 spiro atoms. The van der Waals surface area contributed by atoms with E-state index in [0.717, 1.165) is 17.4 Å². The van der Waals surface area contributed by atoms with Crippen LogP contribution < -0.4 is 5.32 Å². The second kappa shape index (κ2) is 6.16. The van der Waals surface area contributed by atoms with Crippen molar-refractivity contribution in [2.24, 2.45) is 7.05 Å². The molecule has 4 heteroatoms. The minimum Gasteiger partial charge on any atom is -0.337 e. The molecule has 0 aliphatic carbocycles. The highest BCUT2D eigenvalue weighted by molar-refractivity contribution is 9.10. The number of nitrogens with one attached hydrogen (secondary N) is 1. The zero-order valence-corrected chi connectivity index (χ0v) is 12.3. The number of imidazole rings is 1. The number of aromatic nitrogens is 2. The summed E-state index contributed by atoms with van der Waals surface area (Å²) in [5.41, 5.74) is 2.56. The third-order valence-corrected chi connectivity index (χ3v) is 3.53. The molecule has 1 N–H and O–H groups in total. The molecule has 0 saturated carbocycles. The standard InChI is InChI=1S/C14H18BrN3/c1-11(7-12-3-5-13(15)6-4-12)17-9-14-8-16-10-18(14)2/h3-6,8,10-11,17H,7,9H2,1-2H3. The quantitative estimate of drug-likeness (QED) is 0.920. The van der Waals surface area contributed by atoms with E-state index in [1.54, 1.807) is 0 Å². The summed E-state index contributed by atoms with van der Waals surface area (Å²) in [6.45, 7) is 3.06. The van der Waals surface area contributed by atoms with Crippen LogP contribution in [-0.4, -0.2) is 15.6 Å². The van der Waals surface area contributed by atoms with Gasteiger partial charge in [0.05, 0.1) is 12.0 Å². The number of aryl methyl sites for hydroxylation is 1. The van der Waals surface area contributed by atoms with E-state index in [-0.39, 0.29) is 0 Å². The van der Waals surface area contributed by atoms with Crippen molar-refractivity contribution in [1.29, 1.82) is 0 Å². The molecular weight excluding hydrogens is 290 g/mol. The summed E-state index contributed by atoms with van der Waals surface area (Å²) in [6.07, 6.45) is 4.76. The van der Waals surface area contributed by atoms with E-state index in [0.29, 0.717) is 6.04 Å². The molecule has 1 atom stereocenters. The molecule has 96 valence electrons. The average molecular weight is 308 g/mol. The Morgan fingerprint density at radius 1 is 1.33 bits per heavy atom. The molecule has 1 aromatic carbocycles. The van der Waals surface area contributed by atoms with Gasteiger partial charge in [0.25, 0.3) is 0 Å². The number of hydrogen-bond donors (Lipinski definition) is 1. The highest BCUT2D eigenvalue weighted by Gasteiger charge is 2.04. The number of benzene rings is 1. The van der Waals surface area contributed by atoms with Gasteiger partial charge in [-0.3, -0.25) is 0 Å². The summed E-state index contributed by atoms with van der Waals surface area (Å²) in [6, 6.07) is 8.94. The Hall–Kier alpha value is -1.13. The zero-order chi connectivity index (χ0) is 13.0. The number of halogens is 1. The van der Waals surface area contributed by atoms with Crippen LogP contribution in [0.2, 0.25) is 0 Å². The maximum absolute atomic E-state index is 4.11. The molecule has 1 heterocycles. The van der Waals surface area contributed by atoms with Gasteiger partial charge < -0.3 is 9.88 Å². The molecule has 0 amide bonds. The molecule has 0 bridgehead atoms. The summed E-state index contributed by atoms with van der Waals surface area (Å²) in [5.74, 6) is 0. The Kier molecular flexibility index (Phi) is 4.55. The van der Waals surface area contributed by atoms with Gasteiger partial charge in [-0.1, -0.05) is 28.1 Å². The van der Waals surface area contributed by atoms with Crippen LogP contribution in [0.4, 0.5) is 0 Å². The van der Waals surface area contributed by atoms with Crippen molar-refractivity contribution < 1.29 is 0 Å². The lowest BCUT2D eigenvalue weighted by Crippen LogP contribution is -2.28. The molecule has 0 saturated heterocycles. The van der Waals surface area contributed by atoms with E-state index >= 15 is 0 Å². The van der Waals surface area contributed by atoms with E-state index in [4.69, 9.17) is 0 Å². The van der Waals surface area contributed by atoms with E-state index in [9.17, 15) is 0 Å². The minimum atomic E-state index is 0.445. The fourth-order valence-corrected chi connectivity index (χ4v) is 2.14. The lowest BCUT2D eigenvalue weighted by molar-refractivity contribution is 0.532. The number of hydrogen-bond acceptors (Lipinski definition) is 2. The topological polar surface area (TPSA) is 29.9 Å². The molecule has 0 aliphatic rings. The molecule has 0 radical (unpaired) electrons. The van der Waals surface area contributed by atoms with Crippen LogP contribution in [0.1, 0.15) is 18.2 Å². The second-order valence-corrected chi connectivity index (χ2v) is 5.52. The van der Waals surface area contributed by atoms with Crippen LogP contribution in [0.25, 0.3) is 0 Å². The predicted octanol–water partition coefficient (Wildman–Crippen LogP) is 2.90. The lowest BCUT2D eigenvalue weighted by atomic mass is 10.1. The Labute approximate surface area is 116 Å². The summed E-state index contributed by atoms with van der Waals surface area (Å²) >= 11 is 3.45. The van der Waals surface area contributed by atoms with Gasteiger partial charge in [-0.2, -0.15) is 0 Å². The van der Waals surface area contributed by atoms with Crippen molar-refractivity contribution in [2.45, 2.75) is 25.9 Å². The predicted molar refractivity (Wildman–Crippen MR) is 77.4 cm³/mol. The monoisotopic (exact) mass is 307 g/mol. The van der Waals surface area contributed by atoms with Gasteiger partial charge in [0, 0.05) is 30.3 Å². The van der Waals surface area contributed by atoms with Crippen molar-refractivity contribution in [1.82, 2.24) is 14.9 Å². The summed E-state index contributed by atoms with van der Waals surface area (Å²) < 4.78 is 3.17. The summed E-state index contributed by atoms with van der Waals surface area (Å²) in [5, 5.41) is 3.52. The van der Waals surface area contributed by atoms with Crippen LogP contribution in [0.3, 0.4) is 0 Å². The smallest absolute Gasteiger partial charge is 0.0945 e. The Morgan fingerprint density at radius 2 is 2.06 bits per heavy atom. The maximum atomic E-state index is 4.11. The summed E-state index contributed by atoms with van der Waals surface area (Å²) in [7, 11) is 2.02. The van der Waals surface area contributed by atoms with Crippen molar-refractivity contribution in [3.05, 3.63) is 52.5 Å². The largest absolute Gasteiger partial charge is 0.337 e. The van der Waals surface area contributed by atoms with Gasteiger partial charge in [-0.05, 0) is 31.0 Å². The van der Waals surface area contributed by atoms with Gasteiger partial charge in [-0.15, -0.1) is 0 Å². The van der Waals surface area contributed by atoms with E-state index in [2.05, 4.69) is 57.4 Å². The first-order chi connectivity index (χ1) is 8.65. The highest BCUT2D eigenvalue weighted by Crippen LogP contribution is 2.12. The average Bonchev–Trinajstić information content (AvgIpc) is 2.75. The molecule has 2 aromatic rings. The fraction of sp³-hybridized carbons (Fsp3) is 0.357. The molecule has 18 heavy (non-hydrogen) atoms. The number of rotatable bonds is 5. The van der Waals surface area contributed by atoms with E-state index in [1.807, 2.05) is 24.1 Å². The van der Waals surface area contributed by atoms with Gasteiger partial charge in [-0.25, -0.2) is 4.98 Å². The Balaban J connectivity index is 1.83. The fourth-order valence-electron chi connectivity index (χ4n) is 1.88. The van der Waals surface area contributed by atoms with Crippen LogP contribution in [0.15, 0.2) is 41.3 Å². The first kappa shape index (κ1) is 13.3. The van der Waals surface area contributed by atoms with Crippen molar-refractivity contribution in [3.63, 3.8) is 0 Å². The van der Waals surface area contributed by atoms with Crippen molar-refractivity contribution >= 4 is 15.9 Å². The second-order valence-electron chi connectivity index (χ2n) is 4.61. The van der Waals surface area contributed by atoms with Crippen LogP contribution >= 0.6 is 15.9 Å². The first-order valence-electron chi connectivity index (χ1n) is 6.08. The lowest BCUT2D eigenvalue weighted by Gasteiger charge is -2.14.